The number of rotatable bonds is 5. The van der Waals surface area contributed by atoms with Crippen LogP contribution in [0.4, 0.5) is 0 Å². The van der Waals surface area contributed by atoms with E-state index < -0.39 is 10.1 Å². The first-order chi connectivity index (χ1) is 11.7. The highest BCUT2D eigenvalue weighted by atomic mass is 32.2. The Kier molecular flexibility index (Phi) is 4.67. The van der Waals surface area contributed by atoms with E-state index in [9.17, 15) is 8.42 Å². The second-order valence-corrected chi connectivity index (χ2v) is 8.37. The molecule has 0 amide bonds. The third-order valence-electron chi connectivity index (χ3n) is 3.83. The van der Waals surface area contributed by atoms with Crippen LogP contribution in [0.1, 0.15) is 25.0 Å². The lowest BCUT2D eigenvalue weighted by Gasteiger charge is -2.10. The summed E-state index contributed by atoms with van der Waals surface area (Å²) < 4.78 is 32.8. The van der Waals surface area contributed by atoms with Gasteiger partial charge in [0.1, 0.15) is 6.61 Å². The summed E-state index contributed by atoms with van der Waals surface area (Å²) in [5.41, 5.74) is 3.56. The minimum absolute atomic E-state index is 0.0325. The van der Waals surface area contributed by atoms with Crippen LogP contribution < -0.4 is 0 Å². The minimum atomic E-state index is -3.45. The van der Waals surface area contributed by atoms with Crippen molar-refractivity contribution in [1.29, 1.82) is 0 Å². The number of nitrogens with zero attached hydrogens (tertiary/aromatic N) is 1. The van der Waals surface area contributed by atoms with Crippen molar-refractivity contribution in [2.24, 2.45) is 4.99 Å². The zero-order chi connectivity index (χ0) is 18.1. The molecule has 0 fully saturated rings. The Hall–Kier alpha value is -2.18. The molecule has 0 saturated heterocycles. The monoisotopic (exact) mass is 359 g/mol. The lowest BCUT2D eigenvalue weighted by molar-refractivity contribution is 0.279. The molecule has 132 valence electrons. The molecule has 3 rings (SSSR count). The summed E-state index contributed by atoms with van der Waals surface area (Å²) in [5, 5.41) is 0. The fourth-order valence-corrected chi connectivity index (χ4v) is 2.95. The van der Waals surface area contributed by atoms with Gasteiger partial charge < -0.3 is 4.74 Å². The molecule has 25 heavy (non-hydrogen) atoms. The van der Waals surface area contributed by atoms with E-state index in [-0.39, 0.29) is 12.1 Å². The molecule has 1 aliphatic heterocycles. The van der Waals surface area contributed by atoms with E-state index in [2.05, 4.69) is 4.99 Å². The molecule has 0 N–H and O–H groups in total. The van der Waals surface area contributed by atoms with Crippen molar-refractivity contribution in [2.75, 3.05) is 12.9 Å². The number of ether oxygens (including phenoxy) is 1. The third kappa shape index (κ3) is 4.46. The van der Waals surface area contributed by atoms with Gasteiger partial charge >= 0.3 is 0 Å². The summed E-state index contributed by atoms with van der Waals surface area (Å²) in [4.78, 5) is 4.66. The average Bonchev–Trinajstić information content (AvgIpc) is 2.93. The van der Waals surface area contributed by atoms with E-state index in [1.54, 1.807) is 0 Å². The Morgan fingerprint density at radius 2 is 1.72 bits per heavy atom. The van der Waals surface area contributed by atoms with Crippen LogP contribution in [0.5, 0.6) is 0 Å². The Balaban J connectivity index is 1.88. The van der Waals surface area contributed by atoms with Crippen molar-refractivity contribution in [3.05, 3.63) is 59.7 Å². The van der Waals surface area contributed by atoms with Gasteiger partial charge in [-0.15, -0.1) is 0 Å². The molecule has 0 radical (unpaired) electrons. The number of aliphatic imine (C=N–C) groups is 1. The van der Waals surface area contributed by atoms with Gasteiger partial charge in [0.2, 0.25) is 5.90 Å². The highest BCUT2D eigenvalue weighted by Crippen LogP contribution is 2.29. The highest BCUT2D eigenvalue weighted by molar-refractivity contribution is 7.85. The van der Waals surface area contributed by atoms with E-state index in [0.717, 1.165) is 28.5 Å². The van der Waals surface area contributed by atoms with Crippen LogP contribution in [0.3, 0.4) is 0 Å². The minimum Gasteiger partial charge on any atom is -0.475 e. The zero-order valence-corrected chi connectivity index (χ0v) is 15.3. The van der Waals surface area contributed by atoms with Crippen molar-refractivity contribution in [1.82, 2.24) is 0 Å². The van der Waals surface area contributed by atoms with Gasteiger partial charge in [-0.1, -0.05) is 42.5 Å². The number of hydrogen-bond acceptors (Lipinski definition) is 5. The highest BCUT2D eigenvalue weighted by Gasteiger charge is 2.28. The maximum absolute atomic E-state index is 11.1. The van der Waals surface area contributed by atoms with E-state index in [0.29, 0.717) is 12.5 Å². The number of hydrogen-bond donors (Lipinski definition) is 0. The lowest BCUT2D eigenvalue weighted by Crippen LogP contribution is -2.17. The smallest absolute Gasteiger partial charge is 0.264 e. The molecule has 5 nitrogen and oxygen atoms in total. The summed E-state index contributed by atoms with van der Waals surface area (Å²) >= 11 is 0. The van der Waals surface area contributed by atoms with Gasteiger partial charge in [0.15, 0.2) is 0 Å². The average molecular weight is 359 g/mol. The molecule has 0 bridgehead atoms. The topological polar surface area (TPSA) is 65.0 Å². The largest absolute Gasteiger partial charge is 0.475 e. The van der Waals surface area contributed by atoms with Crippen molar-refractivity contribution in [3.8, 4) is 11.1 Å². The van der Waals surface area contributed by atoms with Gasteiger partial charge in [-0.2, -0.15) is 8.42 Å². The molecule has 2 aromatic carbocycles. The fraction of sp³-hybridized carbons (Fsp3) is 0.316. The molecule has 2 aromatic rings. The predicted octanol–water partition coefficient (Wildman–Crippen LogP) is 3.39. The molecule has 0 aliphatic carbocycles. The molecule has 1 aliphatic rings. The Bertz CT molecular complexity index is 899. The molecular formula is C19H21NO4S. The quantitative estimate of drug-likeness (QED) is 0.768. The van der Waals surface area contributed by atoms with Gasteiger partial charge in [0.25, 0.3) is 10.1 Å². The van der Waals surface area contributed by atoms with Crippen LogP contribution in [0.15, 0.2) is 53.5 Å². The maximum Gasteiger partial charge on any atom is 0.264 e. The summed E-state index contributed by atoms with van der Waals surface area (Å²) in [6, 6.07) is 15.6. The predicted molar refractivity (Wildman–Crippen MR) is 98.1 cm³/mol. The molecule has 0 aromatic heterocycles. The summed E-state index contributed by atoms with van der Waals surface area (Å²) in [5.74, 6) is 0.657. The van der Waals surface area contributed by atoms with Crippen molar-refractivity contribution in [2.45, 2.75) is 26.0 Å². The summed E-state index contributed by atoms with van der Waals surface area (Å²) in [6.07, 6.45) is 1.04. The second-order valence-electron chi connectivity index (χ2n) is 6.73. The molecule has 0 unspecified atom stereocenters. The summed E-state index contributed by atoms with van der Waals surface area (Å²) in [7, 11) is -3.45. The van der Waals surface area contributed by atoms with Gasteiger partial charge in [0.05, 0.1) is 18.4 Å². The SMILES string of the molecule is CC1(C)COC(c2ccccc2-c2ccc(COS(C)(=O)=O)cc2)=N1. The molecule has 0 atom stereocenters. The molecule has 0 saturated carbocycles. The standard InChI is InChI=1S/C19H21NO4S/c1-19(2)13-23-18(20-19)17-7-5-4-6-16(17)15-10-8-14(9-11-15)12-24-25(3,21)22/h4-11H,12-13H2,1-3H3. The maximum atomic E-state index is 11.1. The summed E-state index contributed by atoms with van der Waals surface area (Å²) in [6.45, 7) is 4.68. The Labute approximate surface area is 148 Å². The van der Waals surface area contributed by atoms with Gasteiger partial charge in [0, 0.05) is 5.56 Å². The van der Waals surface area contributed by atoms with Gasteiger partial charge in [-0.05, 0) is 36.6 Å². The lowest BCUT2D eigenvalue weighted by atomic mass is 9.98. The van der Waals surface area contributed by atoms with E-state index in [1.165, 1.54) is 0 Å². The fourth-order valence-electron chi connectivity index (χ4n) is 2.60. The first kappa shape index (κ1) is 17.6. The Morgan fingerprint density at radius 1 is 1.08 bits per heavy atom. The zero-order valence-electron chi connectivity index (χ0n) is 14.5. The van der Waals surface area contributed by atoms with Gasteiger partial charge in [-0.3, -0.25) is 4.18 Å². The first-order valence-corrected chi connectivity index (χ1v) is 9.81. The van der Waals surface area contributed by atoms with Crippen molar-refractivity contribution in [3.63, 3.8) is 0 Å². The van der Waals surface area contributed by atoms with Crippen LogP contribution in [0, 0.1) is 0 Å². The van der Waals surface area contributed by atoms with Gasteiger partial charge in [-0.25, -0.2) is 4.99 Å². The molecule has 1 heterocycles. The van der Waals surface area contributed by atoms with Crippen LogP contribution in [-0.4, -0.2) is 32.7 Å². The normalized spacial score (nSPS) is 16.4. The van der Waals surface area contributed by atoms with Crippen LogP contribution >= 0.6 is 0 Å². The Morgan fingerprint density at radius 3 is 2.28 bits per heavy atom. The second kappa shape index (κ2) is 6.61. The molecular weight excluding hydrogens is 338 g/mol. The molecule has 6 heteroatoms. The van der Waals surface area contributed by atoms with E-state index in [1.807, 2.05) is 62.4 Å². The van der Waals surface area contributed by atoms with Crippen LogP contribution in [-0.2, 0) is 25.6 Å². The van der Waals surface area contributed by atoms with E-state index >= 15 is 0 Å². The van der Waals surface area contributed by atoms with Crippen molar-refractivity contribution < 1.29 is 17.3 Å². The first-order valence-electron chi connectivity index (χ1n) is 7.99. The van der Waals surface area contributed by atoms with Crippen LogP contribution in [0.2, 0.25) is 0 Å². The molecule has 0 spiro atoms. The van der Waals surface area contributed by atoms with Crippen LogP contribution in [0.25, 0.3) is 11.1 Å². The van der Waals surface area contributed by atoms with E-state index in [4.69, 9.17) is 8.92 Å². The third-order valence-corrected chi connectivity index (χ3v) is 4.37. The van der Waals surface area contributed by atoms with Crippen molar-refractivity contribution >= 4 is 16.0 Å². The number of benzene rings is 2.